The van der Waals surface area contributed by atoms with Gasteiger partial charge in [-0.05, 0) is 13.3 Å². The van der Waals surface area contributed by atoms with Crippen molar-refractivity contribution >= 4 is 34.8 Å². The van der Waals surface area contributed by atoms with Gasteiger partial charge in [-0.1, -0.05) is 11.6 Å². The van der Waals surface area contributed by atoms with Gasteiger partial charge in [-0.2, -0.15) is 0 Å². The van der Waals surface area contributed by atoms with Crippen LogP contribution in [-0.2, 0) is 9.59 Å². The van der Waals surface area contributed by atoms with Crippen molar-refractivity contribution in [1.29, 1.82) is 0 Å². The first-order valence-corrected chi connectivity index (χ1v) is 10.6. The lowest BCUT2D eigenvalue weighted by atomic mass is 9.93. The fraction of sp³-hybridized carbons (Fsp3) is 0.500. The number of carbonyl (C=O) groups excluding carboxylic acids is 2. The topological polar surface area (TPSA) is 102 Å². The van der Waals surface area contributed by atoms with Gasteiger partial charge in [0.05, 0.1) is 6.20 Å². The highest BCUT2D eigenvalue weighted by atomic mass is 35.5. The van der Waals surface area contributed by atoms with Crippen LogP contribution in [0.1, 0.15) is 26.1 Å². The lowest BCUT2D eigenvalue weighted by Crippen LogP contribution is -2.53. The first kappa shape index (κ1) is 21.4. The van der Waals surface area contributed by atoms with E-state index in [1.165, 1.54) is 6.92 Å². The van der Waals surface area contributed by atoms with E-state index in [-0.39, 0.29) is 29.7 Å². The third-order valence-electron chi connectivity index (χ3n) is 5.82. The first-order valence-electron chi connectivity index (χ1n) is 10.2. The molecule has 3 aliphatic rings. The number of hydrogen-bond donors (Lipinski definition) is 3. The number of nitrogens with zero attached hydrogens (tertiary/aromatic N) is 4. The quantitative estimate of drug-likeness (QED) is 0.631. The molecule has 0 spiro atoms. The summed E-state index contributed by atoms with van der Waals surface area (Å²) in [5.41, 5.74) is 0.825. The molecule has 1 aromatic heterocycles. The van der Waals surface area contributed by atoms with Crippen molar-refractivity contribution in [3.63, 3.8) is 0 Å². The van der Waals surface area contributed by atoms with Gasteiger partial charge in [-0.3, -0.25) is 9.59 Å². The first-order chi connectivity index (χ1) is 14.8. The second-order valence-corrected chi connectivity index (χ2v) is 8.39. The molecule has 0 radical (unpaired) electrons. The Labute approximate surface area is 184 Å². The summed E-state index contributed by atoms with van der Waals surface area (Å²) in [5.74, 6) is -0.426. The van der Waals surface area contributed by atoms with Gasteiger partial charge < -0.3 is 25.8 Å². The van der Waals surface area contributed by atoms with E-state index >= 15 is 0 Å². The Morgan fingerprint density at radius 2 is 1.90 bits per heavy atom. The van der Waals surface area contributed by atoms with Crippen molar-refractivity contribution in [2.75, 3.05) is 31.5 Å². The number of amides is 2. The summed E-state index contributed by atoms with van der Waals surface area (Å²) in [4.78, 5) is 36.1. The van der Waals surface area contributed by atoms with Crippen LogP contribution in [0.15, 0.2) is 23.6 Å². The molecular formula is C20H25ClFN7O2. The Morgan fingerprint density at radius 1 is 1.23 bits per heavy atom. The van der Waals surface area contributed by atoms with E-state index in [1.807, 2.05) is 6.20 Å². The van der Waals surface area contributed by atoms with Gasteiger partial charge in [-0.25, -0.2) is 14.4 Å². The number of rotatable bonds is 4. The van der Waals surface area contributed by atoms with Crippen LogP contribution in [-0.4, -0.2) is 70.0 Å². The zero-order valence-electron chi connectivity index (χ0n) is 17.4. The summed E-state index contributed by atoms with van der Waals surface area (Å²) >= 11 is 6.16. The van der Waals surface area contributed by atoms with Crippen LogP contribution < -0.4 is 16.0 Å². The summed E-state index contributed by atoms with van der Waals surface area (Å²) in [6.07, 6.45) is 5.29. The minimum Gasteiger partial charge on any atom is -0.370 e. The van der Waals surface area contributed by atoms with E-state index in [9.17, 15) is 14.0 Å². The SMILES string of the molecule is CC(=O)N1CCN(C(=O)[C@H](C)Nc2nc(C3=CNC4NC=C(Cl)CC34)ncc2F)CC1. The van der Waals surface area contributed by atoms with Gasteiger partial charge in [-0.15, -0.1) is 0 Å². The zero-order chi connectivity index (χ0) is 22.1. The third kappa shape index (κ3) is 4.43. The maximum absolute atomic E-state index is 14.4. The summed E-state index contributed by atoms with van der Waals surface area (Å²) < 4.78 is 14.4. The predicted octanol–water partition coefficient (Wildman–Crippen LogP) is 1.07. The number of hydrogen-bond acceptors (Lipinski definition) is 7. The van der Waals surface area contributed by atoms with Crippen molar-refractivity contribution in [3.05, 3.63) is 35.3 Å². The molecule has 9 nitrogen and oxygen atoms in total. The smallest absolute Gasteiger partial charge is 0.244 e. The fourth-order valence-corrected chi connectivity index (χ4v) is 4.27. The van der Waals surface area contributed by atoms with Crippen LogP contribution in [0.4, 0.5) is 10.2 Å². The molecule has 31 heavy (non-hydrogen) atoms. The van der Waals surface area contributed by atoms with E-state index < -0.39 is 11.9 Å². The van der Waals surface area contributed by atoms with Crippen LogP contribution in [0.25, 0.3) is 5.57 Å². The monoisotopic (exact) mass is 449 g/mol. The number of nitrogens with one attached hydrogen (secondary N) is 3. The average molecular weight is 450 g/mol. The predicted molar refractivity (Wildman–Crippen MR) is 114 cm³/mol. The molecule has 11 heteroatoms. The van der Waals surface area contributed by atoms with Crippen LogP contribution in [0.3, 0.4) is 0 Å². The van der Waals surface area contributed by atoms with Gasteiger partial charge in [0, 0.05) is 62.0 Å². The number of allylic oxidation sites excluding steroid dienone is 1. The molecule has 166 valence electrons. The van der Waals surface area contributed by atoms with Crippen molar-refractivity contribution in [3.8, 4) is 0 Å². The number of anilines is 1. The summed E-state index contributed by atoms with van der Waals surface area (Å²) in [6.45, 7) is 5.07. The second-order valence-electron chi connectivity index (χ2n) is 7.90. The van der Waals surface area contributed by atoms with E-state index in [0.717, 1.165) is 11.8 Å². The maximum Gasteiger partial charge on any atom is 0.244 e. The number of fused-ring (bicyclic) bond motifs is 1. The molecule has 0 saturated carbocycles. The standard InChI is InChI=1S/C20H25ClFN7O2/c1-11(20(31)29-5-3-28(4-6-29)12(2)30)26-19-16(22)10-25-18(27-19)15-9-24-17-14(15)7-13(21)8-23-17/h8-11,14,17,23-24H,3-7H2,1-2H3,(H,25,26,27)/t11-,14?,17?/m0/s1. The zero-order valence-corrected chi connectivity index (χ0v) is 18.1. The molecule has 3 aliphatic heterocycles. The fourth-order valence-electron chi connectivity index (χ4n) is 4.04. The number of aromatic nitrogens is 2. The molecule has 0 aromatic carbocycles. The maximum atomic E-state index is 14.4. The average Bonchev–Trinajstić information content (AvgIpc) is 3.17. The Kier molecular flexibility index (Phi) is 5.99. The summed E-state index contributed by atoms with van der Waals surface area (Å²) in [7, 11) is 0. The summed E-state index contributed by atoms with van der Waals surface area (Å²) in [5, 5.41) is 9.97. The minimum absolute atomic E-state index is 0.00301. The molecule has 1 fully saturated rings. The summed E-state index contributed by atoms with van der Waals surface area (Å²) in [6, 6.07) is -0.682. The third-order valence-corrected chi connectivity index (χ3v) is 6.08. The largest absolute Gasteiger partial charge is 0.370 e. The normalized spacial score (nSPS) is 23.7. The molecule has 4 rings (SSSR count). The van der Waals surface area contributed by atoms with Gasteiger partial charge in [0.15, 0.2) is 17.5 Å². The van der Waals surface area contributed by atoms with E-state index in [1.54, 1.807) is 22.9 Å². The molecular weight excluding hydrogens is 425 g/mol. The van der Waals surface area contributed by atoms with E-state index in [4.69, 9.17) is 11.6 Å². The highest BCUT2D eigenvalue weighted by molar-refractivity contribution is 6.29. The Hall–Kier alpha value is -2.88. The van der Waals surface area contributed by atoms with Crippen molar-refractivity contribution in [2.45, 2.75) is 32.5 Å². The molecule has 2 amide bonds. The minimum atomic E-state index is -0.682. The molecule has 0 aliphatic carbocycles. The van der Waals surface area contributed by atoms with Crippen LogP contribution in [0, 0.1) is 11.7 Å². The van der Waals surface area contributed by atoms with Crippen molar-refractivity contribution in [2.24, 2.45) is 5.92 Å². The van der Waals surface area contributed by atoms with E-state index in [0.29, 0.717) is 43.5 Å². The van der Waals surface area contributed by atoms with Crippen LogP contribution in [0.5, 0.6) is 0 Å². The molecule has 4 heterocycles. The van der Waals surface area contributed by atoms with E-state index in [2.05, 4.69) is 25.9 Å². The Morgan fingerprint density at radius 3 is 2.61 bits per heavy atom. The van der Waals surface area contributed by atoms with Crippen LogP contribution in [0.2, 0.25) is 0 Å². The molecule has 0 bridgehead atoms. The second kappa shape index (κ2) is 8.70. The van der Waals surface area contributed by atoms with Crippen molar-refractivity contribution in [1.82, 2.24) is 30.4 Å². The number of carbonyl (C=O) groups is 2. The molecule has 2 unspecified atom stereocenters. The molecule has 1 aromatic rings. The highest BCUT2D eigenvalue weighted by Crippen LogP contribution is 2.35. The van der Waals surface area contributed by atoms with Crippen molar-refractivity contribution < 1.29 is 14.0 Å². The lowest BCUT2D eigenvalue weighted by molar-refractivity contribution is -0.138. The Balaban J connectivity index is 1.44. The molecule has 3 atom stereocenters. The van der Waals surface area contributed by atoms with Gasteiger partial charge in [0.2, 0.25) is 11.8 Å². The highest BCUT2D eigenvalue weighted by Gasteiger charge is 2.34. The van der Waals surface area contributed by atoms with Gasteiger partial charge in [0.25, 0.3) is 0 Å². The van der Waals surface area contributed by atoms with Gasteiger partial charge >= 0.3 is 0 Å². The molecule has 3 N–H and O–H groups in total. The van der Waals surface area contributed by atoms with Crippen LogP contribution >= 0.6 is 11.6 Å². The lowest BCUT2D eigenvalue weighted by Gasteiger charge is -2.35. The number of halogens is 2. The Bertz CT molecular complexity index is 945. The van der Waals surface area contributed by atoms with Gasteiger partial charge in [0.1, 0.15) is 12.2 Å². The molecule has 1 saturated heterocycles. The number of piperazine rings is 1.